The summed E-state index contributed by atoms with van der Waals surface area (Å²) in [5.41, 5.74) is 5.35. The van der Waals surface area contributed by atoms with Crippen LogP contribution in [0, 0.1) is 27.7 Å². The maximum absolute atomic E-state index is 12.3. The molecule has 0 aliphatic heterocycles. The Kier molecular flexibility index (Phi) is 5.48. The molecule has 0 aliphatic rings. The standard InChI is InChI=1S/C19H22N4OS2/c1-11-7-6-8-12(2)17(11)20-16(24)10-26-19-22-21-18(23(19)5)15-9-25-14(4)13(15)3/h6-9H,10H2,1-5H3,(H,20,24). The van der Waals surface area contributed by atoms with E-state index in [0.29, 0.717) is 5.75 Å². The van der Waals surface area contributed by atoms with Gasteiger partial charge in [-0.2, -0.15) is 0 Å². The Bertz CT molecular complexity index is 938. The molecule has 0 unspecified atom stereocenters. The number of thiophene rings is 1. The molecule has 2 aromatic heterocycles. The second-order valence-corrected chi connectivity index (χ2v) is 8.33. The molecule has 1 aromatic carbocycles. The summed E-state index contributed by atoms with van der Waals surface area (Å²) in [4.78, 5) is 13.6. The van der Waals surface area contributed by atoms with E-state index in [1.807, 2.05) is 43.7 Å². The lowest BCUT2D eigenvalue weighted by atomic mass is 10.1. The maximum Gasteiger partial charge on any atom is 0.234 e. The summed E-state index contributed by atoms with van der Waals surface area (Å²) < 4.78 is 1.95. The number of hydrogen-bond donors (Lipinski definition) is 1. The second kappa shape index (κ2) is 7.63. The molecule has 3 aromatic rings. The first kappa shape index (κ1) is 18.7. The van der Waals surface area contributed by atoms with E-state index >= 15 is 0 Å². The van der Waals surface area contributed by atoms with E-state index < -0.39 is 0 Å². The fraction of sp³-hybridized carbons (Fsp3) is 0.316. The third kappa shape index (κ3) is 3.68. The maximum atomic E-state index is 12.3. The van der Waals surface area contributed by atoms with Crippen molar-refractivity contribution < 1.29 is 4.79 Å². The largest absolute Gasteiger partial charge is 0.325 e. The number of carbonyl (C=O) groups excluding carboxylic acids is 1. The van der Waals surface area contributed by atoms with Gasteiger partial charge in [0.05, 0.1) is 5.75 Å². The first-order chi connectivity index (χ1) is 12.4. The predicted octanol–water partition coefficient (Wildman–Crippen LogP) is 4.51. The van der Waals surface area contributed by atoms with E-state index in [1.54, 1.807) is 11.3 Å². The van der Waals surface area contributed by atoms with Crippen molar-refractivity contribution in [3.05, 3.63) is 45.1 Å². The topological polar surface area (TPSA) is 59.8 Å². The number of anilines is 1. The van der Waals surface area contributed by atoms with Gasteiger partial charge in [-0.15, -0.1) is 21.5 Å². The normalized spacial score (nSPS) is 11.0. The number of thioether (sulfide) groups is 1. The van der Waals surface area contributed by atoms with E-state index in [2.05, 4.69) is 34.7 Å². The molecule has 0 aliphatic carbocycles. The van der Waals surface area contributed by atoms with Crippen LogP contribution in [-0.2, 0) is 11.8 Å². The number of nitrogens with one attached hydrogen (secondary N) is 1. The van der Waals surface area contributed by atoms with Crippen molar-refractivity contribution in [2.75, 3.05) is 11.1 Å². The van der Waals surface area contributed by atoms with Crippen molar-refractivity contribution in [3.8, 4) is 11.4 Å². The van der Waals surface area contributed by atoms with Crippen LogP contribution < -0.4 is 5.32 Å². The molecule has 2 heterocycles. The van der Waals surface area contributed by atoms with Gasteiger partial charge < -0.3 is 9.88 Å². The van der Waals surface area contributed by atoms with Gasteiger partial charge in [-0.05, 0) is 44.4 Å². The third-order valence-corrected chi connectivity index (χ3v) is 6.47. The fourth-order valence-electron chi connectivity index (χ4n) is 2.73. The first-order valence-electron chi connectivity index (χ1n) is 8.31. The van der Waals surface area contributed by atoms with E-state index in [9.17, 15) is 4.79 Å². The number of rotatable bonds is 5. The summed E-state index contributed by atoms with van der Waals surface area (Å²) in [5.74, 6) is 1.09. The van der Waals surface area contributed by atoms with Crippen LogP contribution in [-0.4, -0.2) is 26.4 Å². The quantitative estimate of drug-likeness (QED) is 0.656. The second-order valence-electron chi connectivity index (χ2n) is 6.30. The Balaban J connectivity index is 1.69. The predicted molar refractivity (Wildman–Crippen MR) is 109 cm³/mol. The van der Waals surface area contributed by atoms with Crippen LogP contribution in [0.15, 0.2) is 28.7 Å². The van der Waals surface area contributed by atoms with Gasteiger partial charge in [0, 0.05) is 28.6 Å². The van der Waals surface area contributed by atoms with Crippen molar-refractivity contribution in [3.63, 3.8) is 0 Å². The highest BCUT2D eigenvalue weighted by molar-refractivity contribution is 7.99. The molecule has 5 nitrogen and oxygen atoms in total. The van der Waals surface area contributed by atoms with Gasteiger partial charge in [0.2, 0.25) is 5.91 Å². The summed E-state index contributed by atoms with van der Waals surface area (Å²) in [5, 5.41) is 14.4. The zero-order valence-corrected chi connectivity index (χ0v) is 17.2. The average Bonchev–Trinajstić information content (AvgIpc) is 3.12. The van der Waals surface area contributed by atoms with Crippen molar-refractivity contribution in [1.82, 2.24) is 14.8 Å². The van der Waals surface area contributed by atoms with Gasteiger partial charge in [-0.25, -0.2) is 0 Å². The Hall–Kier alpha value is -2.12. The molecular weight excluding hydrogens is 364 g/mol. The highest BCUT2D eigenvalue weighted by Gasteiger charge is 2.16. The van der Waals surface area contributed by atoms with E-state index in [0.717, 1.165) is 33.4 Å². The van der Waals surface area contributed by atoms with Crippen LogP contribution in [0.1, 0.15) is 21.6 Å². The number of nitrogens with zero attached hydrogens (tertiary/aromatic N) is 3. The van der Waals surface area contributed by atoms with E-state index in [-0.39, 0.29) is 5.91 Å². The molecule has 26 heavy (non-hydrogen) atoms. The fourth-order valence-corrected chi connectivity index (χ4v) is 4.30. The van der Waals surface area contributed by atoms with Crippen LogP contribution in [0.5, 0.6) is 0 Å². The van der Waals surface area contributed by atoms with E-state index in [4.69, 9.17) is 0 Å². The molecule has 0 atom stereocenters. The molecule has 1 amide bonds. The number of para-hydroxylation sites is 1. The monoisotopic (exact) mass is 386 g/mol. The number of hydrogen-bond acceptors (Lipinski definition) is 5. The van der Waals surface area contributed by atoms with Crippen molar-refractivity contribution in [1.29, 1.82) is 0 Å². The number of aryl methyl sites for hydroxylation is 3. The summed E-state index contributed by atoms with van der Waals surface area (Å²) in [6, 6.07) is 5.98. The van der Waals surface area contributed by atoms with Crippen LogP contribution >= 0.6 is 23.1 Å². The minimum absolute atomic E-state index is 0.0421. The molecular formula is C19H22N4OS2. The Labute approximate surface area is 161 Å². The van der Waals surface area contributed by atoms with Crippen LogP contribution in [0.3, 0.4) is 0 Å². The van der Waals surface area contributed by atoms with Crippen molar-refractivity contribution >= 4 is 34.7 Å². The summed E-state index contributed by atoms with van der Waals surface area (Å²) in [6.07, 6.45) is 0. The number of aromatic nitrogens is 3. The highest BCUT2D eigenvalue weighted by Crippen LogP contribution is 2.31. The summed E-state index contributed by atoms with van der Waals surface area (Å²) >= 11 is 3.11. The van der Waals surface area contributed by atoms with Crippen molar-refractivity contribution in [2.45, 2.75) is 32.9 Å². The number of benzene rings is 1. The lowest BCUT2D eigenvalue weighted by Gasteiger charge is -2.11. The van der Waals surface area contributed by atoms with Gasteiger partial charge in [0.25, 0.3) is 0 Å². The molecule has 0 fully saturated rings. The number of amides is 1. The minimum Gasteiger partial charge on any atom is -0.325 e. The SMILES string of the molecule is Cc1cccc(C)c1NC(=O)CSc1nnc(-c2csc(C)c2C)n1C. The molecule has 0 radical (unpaired) electrons. The number of carbonyl (C=O) groups is 1. The Morgan fingerprint density at radius 1 is 1.19 bits per heavy atom. The molecule has 0 spiro atoms. The van der Waals surface area contributed by atoms with Gasteiger partial charge in [-0.3, -0.25) is 4.79 Å². The van der Waals surface area contributed by atoms with Crippen LogP contribution in [0.4, 0.5) is 5.69 Å². The lowest BCUT2D eigenvalue weighted by Crippen LogP contribution is -2.16. The van der Waals surface area contributed by atoms with E-state index in [1.165, 1.54) is 22.2 Å². The van der Waals surface area contributed by atoms with Crippen LogP contribution in [0.2, 0.25) is 0 Å². The van der Waals surface area contributed by atoms with Gasteiger partial charge >= 0.3 is 0 Å². The zero-order valence-electron chi connectivity index (χ0n) is 15.6. The molecule has 0 bridgehead atoms. The lowest BCUT2D eigenvalue weighted by molar-refractivity contribution is -0.113. The molecule has 3 rings (SSSR count). The van der Waals surface area contributed by atoms with Crippen LogP contribution in [0.25, 0.3) is 11.4 Å². The molecule has 136 valence electrons. The van der Waals surface area contributed by atoms with Gasteiger partial charge in [-0.1, -0.05) is 30.0 Å². The molecule has 0 saturated carbocycles. The summed E-state index contributed by atoms with van der Waals surface area (Å²) in [6.45, 7) is 8.19. The third-order valence-electron chi connectivity index (χ3n) is 4.44. The smallest absolute Gasteiger partial charge is 0.234 e. The van der Waals surface area contributed by atoms with Gasteiger partial charge in [0.1, 0.15) is 0 Å². The first-order valence-corrected chi connectivity index (χ1v) is 10.2. The van der Waals surface area contributed by atoms with Crippen molar-refractivity contribution in [2.24, 2.45) is 7.05 Å². The zero-order chi connectivity index (χ0) is 18.8. The average molecular weight is 387 g/mol. The molecule has 7 heteroatoms. The highest BCUT2D eigenvalue weighted by atomic mass is 32.2. The molecule has 1 N–H and O–H groups in total. The Morgan fingerprint density at radius 2 is 1.88 bits per heavy atom. The Morgan fingerprint density at radius 3 is 2.50 bits per heavy atom. The molecule has 0 saturated heterocycles. The minimum atomic E-state index is -0.0421. The van der Waals surface area contributed by atoms with Gasteiger partial charge in [0.15, 0.2) is 11.0 Å². The summed E-state index contributed by atoms with van der Waals surface area (Å²) in [7, 11) is 1.94.